The SMILES string of the molecule is CCCCCCCCC(NC)c1ccoc1Br. The third-order valence-corrected chi connectivity index (χ3v) is 3.86. The molecule has 17 heavy (non-hydrogen) atoms. The minimum Gasteiger partial charge on any atom is -0.457 e. The van der Waals surface area contributed by atoms with Crippen LogP contribution in [-0.2, 0) is 0 Å². The van der Waals surface area contributed by atoms with E-state index in [-0.39, 0.29) is 0 Å². The lowest BCUT2D eigenvalue weighted by atomic mass is 10.0. The van der Waals surface area contributed by atoms with E-state index < -0.39 is 0 Å². The van der Waals surface area contributed by atoms with Gasteiger partial charge in [0, 0.05) is 11.6 Å². The summed E-state index contributed by atoms with van der Waals surface area (Å²) in [6.07, 6.45) is 11.0. The van der Waals surface area contributed by atoms with Gasteiger partial charge in [-0.25, -0.2) is 0 Å². The predicted octanol–water partition coefficient (Wildman–Crippen LogP) is 5.05. The molecule has 2 nitrogen and oxygen atoms in total. The Morgan fingerprint density at radius 1 is 1.24 bits per heavy atom. The average Bonchev–Trinajstić information content (AvgIpc) is 2.75. The first kappa shape index (κ1) is 14.8. The van der Waals surface area contributed by atoms with Crippen molar-refractivity contribution in [2.45, 2.75) is 57.9 Å². The van der Waals surface area contributed by atoms with Crippen molar-refractivity contribution in [1.82, 2.24) is 5.32 Å². The van der Waals surface area contributed by atoms with E-state index in [2.05, 4.69) is 28.2 Å². The molecular weight excluding hydrogens is 278 g/mol. The van der Waals surface area contributed by atoms with E-state index in [0.29, 0.717) is 6.04 Å². The Kier molecular flexibility index (Phi) is 7.62. The Hall–Kier alpha value is -0.280. The van der Waals surface area contributed by atoms with Gasteiger partial charge in [-0.1, -0.05) is 45.4 Å². The Balaban J connectivity index is 2.22. The van der Waals surface area contributed by atoms with Gasteiger partial charge in [0.05, 0.1) is 6.26 Å². The highest BCUT2D eigenvalue weighted by Gasteiger charge is 2.14. The largest absolute Gasteiger partial charge is 0.457 e. The van der Waals surface area contributed by atoms with Crippen LogP contribution in [-0.4, -0.2) is 7.05 Å². The molecule has 0 bridgehead atoms. The van der Waals surface area contributed by atoms with Crippen molar-refractivity contribution in [1.29, 1.82) is 0 Å². The first-order valence-electron chi connectivity index (χ1n) is 6.69. The van der Waals surface area contributed by atoms with Crippen LogP contribution in [0.25, 0.3) is 0 Å². The molecule has 0 spiro atoms. The van der Waals surface area contributed by atoms with Crippen LogP contribution < -0.4 is 5.32 Å². The predicted molar refractivity (Wildman–Crippen MR) is 76.2 cm³/mol. The normalized spacial score (nSPS) is 12.9. The van der Waals surface area contributed by atoms with Crippen LogP contribution in [0.4, 0.5) is 0 Å². The molecule has 0 saturated heterocycles. The van der Waals surface area contributed by atoms with Gasteiger partial charge in [-0.2, -0.15) is 0 Å². The number of unbranched alkanes of at least 4 members (excludes halogenated alkanes) is 5. The van der Waals surface area contributed by atoms with Gasteiger partial charge in [0.2, 0.25) is 0 Å². The Bertz CT molecular complexity index is 298. The number of nitrogens with one attached hydrogen (secondary N) is 1. The lowest BCUT2D eigenvalue weighted by Gasteiger charge is -2.14. The summed E-state index contributed by atoms with van der Waals surface area (Å²) in [5, 5.41) is 3.36. The first-order valence-corrected chi connectivity index (χ1v) is 7.49. The molecule has 1 heterocycles. The summed E-state index contributed by atoms with van der Waals surface area (Å²) < 4.78 is 6.15. The zero-order chi connectivity index (χ0) is 12.5. The van der Waals surface area contributed by atoms with Crippen LogP contribution in [0.3, 0.4) is 0 Å². The van der Waals surface area contributed by atoms with Crippen molar-refractivity contribution in [2.75, 3.05) is 7.05 Å². The van der Waals surface area contributed by atoms with Crippen molar-refractivity contribution in [3.05, 3.63) is 22.6 Å². The summed E-state index contributed by atoms with van der Waals surface area (Å²) in [6.45, 7) is 2.26. The number of halogens is 1. The van der Waals surface area contributed by atoms with Crippen molar-refractivity contribution < 1.29 is 4.42 Å². The molecule has 3 heteroatoms. The van der Waals surface area contributed by atoms with E-state index in [4.69, 9.17) is 4.42 Å². The van der Waals surface area contributed by atoms with Gasteiger partial charge in [-0.05, 0) is 35.5 Å². The number of rotatable bonds is 9. The summed E-state index contributed by atoms with van der Waals surface area (Å²) in [5.74, 6) is 0. The molecule has 0 aliphatic rings. The molecule has 0 amide bonds. The Labute approximate surface area is 113 Å². The highest BCUT2D eigenvalue weighted by atomic mass is 79.9. The van der Waals surface area contributed by atoms with E-state index in [0.717, 1.165) is 4.67 Å². The molecule has 1 aromatic rings. The quantitative estimate of drug-likeness (QED) is 0.645. The highest BCUT2D eigenvalue weighted by Crippen LogP contribution is 2.27. The standard InChI is InChI=1S/C14H24BrNO/c1-3-4-5-6-7-8-9-13(16-2)12-10-11-17-14(12)15/h10-11,13,16H,3-9H2,1-2H3. The Morgan fingerprint density at radius 3 is 2.53 bits per heavy atom. The summed E-state index contributed by atoms with van der Waals surface area (Å²) in [5.41, 5.74) is 1.24. The molecule has 1 N–H and O–H groups in total. The van der Waals surface area contributed by atoms with Gasteiger partial charge in [-0.3, -0.25) is 0 Å². The van der Waals surface area contributed by atoms with Gasteiger partial charge >= 0.3 is 0 Å². The Morgan fingerprint density at radius 2 is 1.94 bits per heavy atom. The van der Waals surface area contributed by atoms with Gasteiger partial charge in [-0.15, -0.1) is 0 Å². The summed E-state index contributed by atoms with van der Waals surface area (Å²) in [6, 6.07) is 2.46. The van der Waals surface area contributed by atoms with E-state index >= 15 is 0 Å². The fourth-order valence-electron chi connectivity index (χ4n) is 2.14. The summed E-state index contributed by atoms with van der Waals surface area (Å²) in [7, 11) is 2.02. The van der Waals surface area contributed by atoms with Crippen LogP contribution in [0.5, 0.6) is 0 Å². The van der Waals surface area contributed by atoms with Crippen LogP contribution in [0, 0.1) is 0 Å². The third kappa shape index (κ3) is 5.26. The zero-order valence-corrected chi connectivity index (χ0v) is 12.6. The van der Waals surface area contributed by atoms with Crippen molar-refractivity contribution in [3.63, 3.8) is 0 Å². The maximum Gasteiger partial charge on any atom is 0.173 e. The van der Waals surface area contributed by atoms with Crippen molar-refractivity contribution in [3.8, 4) is 0 Å². The molecule has 0 aliphatic heterocycles. The molecule has 1 rings (SSSR count). The molecule has 1 aromatic heterocycles. The first-order chi connectivity index (χ1) is 8.29. The second kappa shape index (κ2) is 8.76. The average molecular weight is 302 g/mol. The van der Waals surface area contributed by atoms with Crippen LogP contribution in [0.2, 0.25) is 0 Å². The molecule has 1 atom stereocenters. The van der Waals surface area contributed by atoms with Crippen molar-refractivity contribution in [2.24, 2.45) is 0 Å². The molecule has 98 valence electrons. The highest BCUT2D eigenvalue weighted by molar-refractivity contribution is 9.10. The maximum atomic E-state index is 5.28. The second-order valence-corrected chi connectivity index (χ2v) is 5.27. The van der Waals surface area contributed by atoms with Gasteiger partial charge in [0.15, 0.2) is 4.67 Å². The topological polar surface area (TPSA) is 25.2 Å². The molecular formula is C14H24BrNO. The lowest BCUT2D eigenvalue weighted by Crippen LogP contribution is -2.15. The fourth-order valence-corrected chi connectivity index (χ4v) is 2.65. The third-order valence-electron chi connectivity index (χ3n) is 3.22. The minimum absolute atomic E-state index is 0.411. The van der Waals surface area contributed by atoms with Gasteiger partial charge in [0.1, 0.15) is 0 Å². The van der Waals surface area contributed by atoms with Crippen LogP contribution >= 0.6 is 15.9 Å². The van der Waals surface area contributed by atoms with E-state index in [1.54, 1.807) is 6.26 Å². The summed E-state index contributed by atoms with van der Waals surface area (Å²) >= 11 is 3.44. The smallest absolute Gasteiger partial charge is 0.173 e. The molecule has 0 saturated carbocycles. The van der Waals surface area contributed by atoms with E-state index in [9.17, 15) is 0 Å². The van der Waals surface area contributed by atoms with Gasteiger partial charge < -0.3 is 9.73 Å². The lowest BCUT2D eigenvalue weighted by molar-refractivity contribution is 0.480. The summed E-state index contributed by atoms with van der Waals surface area (Å²) in [4.78, 5) is 0. The van der Waals surface area contributed by atoms with Crippen LogP contribution in [0.1, 0.15) is 63.5 Å². The van der Waals surface area contributed by atoms with E-state index in [1.165, 1.54) is 50.5 Å². The molecule has 1 unspecified atom stereocenters. The number of hydrogen-bond acceptors (Lipinski definition) is 2. The van der Waals surface area contributed by atoms with Crippen LogP contribution in [0.15, 0.2) is 21.4 Å². The number of furan rings is 1. The molecule has 0 aliphatic carbocycles. The van der Waals surface area contributed by atoms with Crippen molar-refractivity contribution >= 4 is 15.9 Å². The minimum atomic E-state index is 0.411. The van der Waals surface area contributed by atoms with Gasteiger partial charge in [0.25, 0.3) is 0 Å². The molecule has 0 aromatic carbocycles. The second-order valence-electron chi connectivity index (χ2n) is 4.55. The number of hydrogen-bond donors (Lipinski definition) is 1. The monoisotopic (exact) mass is 301 g/mol. The molecule has 0 fully saturated rings. The molecule has 0 radical (unpaired) electrons. The fraction of sp³-hybridized carbons (Fsp3) is 0.714. The zero-order valence-electron chi connectivity index (χ0n) is 11.0. The maximum absolute atomic E-state index is 5.28. The van der Waals surface area contributed by atoms with E-state index in [1.807, 2.05) is 13.1 Å².